The van der Waals surface area contributed by atoms with Crippen LogP contribution < -0.4 is 11.1 Å². The molecule has 1 aromatic rings. The summed E-state index contributed by atoms with van der Waals surface area (Å²) in [6.07, 6.45) is 4.14. The van der Waals surface area contributed by atoms with Crippen molar-refractivity contribution >= 4 is 5.91 Å². The number of carbonyl (C=O) groups is 1. The molecule has 0 saturated heterocycles. The molecular formula is C14H19FN2O. The minimum atomic E-state index is -0.264. The molecule has 1 aliphatic rings. The fraction of sp³-hybridized carbons (Fsp3) is 0.500. The Bertz CT molecular complexity index is 412. The Morgan fingerprint density at radius 3 is 2.56 bits per heavy atom. The van der Waals surface area contributed by atoms with Crippen molar-refractivity contribution in [2.45, 2.75) is 37.6 Å². The molecule has 0 bridgehead atoms. The lowest BCUT2D eigenvalue weighted by molar-refractivity contribution is -0.122. The minimum absolute atomic E-state index is 0.0133. The van der Waals surface area contributed by atoms with Gasteiger partial charge in [-0.2, -0.15) is 0 Å². The van der Waals surface area contributed by atoms with Crippen LogP contribution in [0.4, 0.5) is 4.39 Å². The van der Waals surface area contributed by atoms with Crippen LogP contribution in [-0.2, 0) is 11.2 Å². The Morgan fingerprint density at radius 2 is 2.00 bits per heavy atom. The monoisotopic (exact) mass is 250 g/mol. The number of nitrogens with two attached hydrogens (primary N) is 1. The molecule has 2 rings (SSSR count). The zero-order chi connectivity index (χ0) is 13.0. The van der Waals surface area contributed by atoms with E-state index in [1.807, 2.05) is 0 Å². The highest BCUT2D eigenvalue weighted by Gasteiger charge is 2.34. The van der Waals surface area contributed by atoms with Crippen LogP contribution in [0, 0.1) is 5.82 Å². The van der Waals surface area contributed by atoms with Gasteiger partial charge in [0.1, 0.15) is 5.82 Å². The maximum Gasteiger partial charge on any atom is 0.221 e. The van der Waals surface area contributed by atoms with Gasteiger partial charge in [0.25, 0.3) is 0 Å². The molecule has 0 aliphatic heterocycles. The average molecular weight is 250 g/mol. The van der Waals surface area contributed by atoms with Crippen LogP contribution in [0.5, 0.6) is 0 Å². The van der Waals surface area contributed by atoms with Crippen LogP contribution in [0.25, 0.3) is 0 Å². The number of benzene rings is 1. The van der Waals surface area contributed by atoms with Gasteiger partial charge in [0.2, 0.25) is 5.91 Å². The Labute approximate surface area is 107 Å². The summed E-state index contributed by atoms with van der Waals surface area (Å²) in [5.74, 6) is -0.225. The highest BCUT2D eigenvalue weighted by atomic mass is 19.1. The standard InChI is InChI=1S/C14H19FN2O/c15-12-4-2-11(3-5-12)6-9-17-13(18)10-14(16)7-1-8-14/h2-5H,1,6-10,16H2,(H,17,18). The van der Waals surface area contributed by atoms with Gasteiger partial charge in [0.15, 0.2) is 0 Å². The van der Waals surface area contributed by atoms with E-state index in [-0.39, 0.29) is 17.3 Å². The van der Waals surface area contributed by atoms with E-state index in [0.717, 1.165) is 24.8 Å². The van der Waals surface area contributed by atoms with Gasteiger partial charge in [-0.05, 0) is 43.4 Å². The van der Waals surface area contributed by atoms with E-state index in [1.54, 1.807) is 12.1 Å². The summed E-state index contributed by atoms with van der Waals surface area (Å²) in [5.41, 5.74) is 6.75. The Kier molecular flexibility index (Phi) is 3.97. The lowest BCUT2D eigenvalue weighted by Gasteiger charge is -2.37. The van der Waals surface area contributed by atoms with Gasteiger partial charge in [-0.3, -0.25) is 4.79 Å². The van der Waals surface area contributed by atoms with Gasteiger partial charge in [-0.15, -0.1) is 0 Å². The van der Waals surface area contributed by atoms with Crippen LogP contribution in [0.15, 0.2) is 24.3 Å². The largest absolute Gasteiger partial charge is 0.356 e. The lowest BCUT2D eigenvalue weighted by atomic mass is 9.75. The summed E-state index contributed by atoms with van der Waals surface area (Å²) in [5, 5.41) is 2.86. The number of hydrogen-bond donors (Lipinski definition) is 2. The van der Waals surface area contributed by atoms with Crippen LogP contribution in [-0.4, -0.2) is 18.0 Å². The second kappa shape index (κ2) is 5.48. The van der Waals surface area contributed by atoms with Crippen LogP contribution in [0.1, 0.15) is 31.2 Å². The van der Waals surface area contributed by atoms with E-state index in [0.29, 0.717) is 19.4 Å². The molecule has 18 heavy (non-hydrogen) atoms. The van der Waals surface area contributed by atoms with Crippen molar-refractivity contribution in [3.8, 4) is 0 Å². The van der Waals surface area contributed by atoms with E-state index in [2.05, 4.69) is 5.32 Å². The average Bonchev–Trinajstić information content (AvgIpc) is 2.30. The molecule has 4 heteroatoms. The topological polar surface area (TPSA) is 55.1 Å². The molecule has 1 fully saturated rings. The molecule has 0 atom stereocenters. The maximum absolute atomic E-state index is 12.7. The first-order valence-electron chi connectivity index (χ1n) is 6.37. The Hall–Kier alpha value is -1.42. The summed E-state index contributed by atoms with van der Waals surface area (Å²) in [4.78, 5) is 11.6. The van der Waals surface area contributed by atoms with E-state index < -0.39 is 0 Å². The first-order valence-corrected chi connectivity index (χ1v) is 6.37. The number of rotatable bonds is 5. The smallest absolute Gasteiger partial charge is 0.221 e. The Balaban J connectivity index is 1.68. The van der Waals surface area contributed by atoms with Gasteiger partial charge in [0, 0.05) is 18.5 Å². The quantitative estimate of drug-likeness (QED) is 0.836. The molecule has 1 amide bonds. The Morgan fingerprint density at radius 1 is 1.33 bits per heavy atom. The molecule has 3 nitrogen and oxygen atoms in total. The molecule has 0 aromatic heterocycles. The molecule has 0 spiro atoms. The number of halogens is 1. The minimum Gasteiger partial charge on any atom is -0.356 e. The van der Waals surface area contributed by atoms with Gasteiger partial charge >= 0.3 is 0 Å². The summed E-state index contributed by atoms with van der Waals surface area (Å²) >= 11 is 0. The van der Waals surface area contributed by atoms with Crippen LogP contribution >= 0.6 is 0 Å². The molecule has 0 radical (unpaired) electrons. The van der Waals surface area contributed by atoms with Crippen LogP contribution in [0.3, 0.4) is 0 Å². The third-order valence-electron chi connectivity index (χ3n) is 3.51. The summed E-state index contributed by atoms with van der Waals surface area (Å²) in [6, 6.07) is 6.33. The number of carbonyl (C=O) groups excluding carboxylic acids is 1. The molecule has 1 saturated carbocycles. The molecule has 0 unspecified atom stereocenters. The van der Waals surface area contributed by atoms with Crippen molar-refractivity contribution in [2.75, 3.05) is 6.54 Å². The van der Waals surface area contributed by atoms with Crippen molar-refractivity contribution < 1.29 is 9.18 Å². The van der Waals surface area contributed by atoms with Gasteiger partial charge in [-0.25, -0.2) is 4.39 Å². The highest BCUT2D eigenvalue weighted by Crippen LogP contribution is 2.31. The number of hydrogen-bond acceptors (Lipinski definition) is 2. The molecule has 0 heterocycles. The van der Waals surface area contributed by atoms with Crippen molar-refractivity contribution in [2.24, 2.45) is 5.73 Å². The van der Waals surface area contributed by atoms with Crippen molar-refractivity contribution in [1.29, 1.82) is 0 Å². The van der Waals surface area contributed by atoms with Gasteiger partial charge in [0.05, 0.1) is 0 Å². The zero-order valence-corrected chi connectivity index (χ0v) is 10.4. The third-order valence-corrected chi connectivity index (χ3v) is 3.51. The first kappa shape index (κ1) is 13.0. The predicted molar refractivity (Wildman–Crippen MR) is 68.5 cm³/mol. The molecule has 1 aliphatic carbocycles. The third kappa shape index (κ3) is 3.53. The summed E-state index contributed by atoms with van der Waals surface area (Å²) < 4.78 is 12.7. The lowest BCUT2D eigenvalue weighted by Crippen LogP contribution is -2.50. The molecule has 3 N–H and O–H groups in total. The van der Waals surface area contributed by atoms with Crippen molar-refractivity contribution in [3.63, 3.8) is 0 Å². The SMILES string of the molecule is NC1(CC(=O)NCCc2ccc(F)cc2)CCC1. The predicted octanol–water partition coefficient (Wildman–Crippen LogP) is 1.76. The second-order valence-electron chi connectivity index (χ2n) is 5.12. The van der Waals surface area contributed by atoms with E-state index in [9.17, 15) is 9.18 Å². The number of nitrogens with one attached hydrogen (secondary N) is 1. The van der Waals surface area contributed by atoms with E-state index in [4.69, 9.17) is 5.73 Å². The van der Waals surface area contributed by atoms with Gasteiger partial charge in [-0.1, -0.05) is 12.1 Å². The summed E-state index contributed by atoms with van der Waals surface area (Å²) in [7, 11) is 0. The van der Waals surface area contributed by atoms with Crippen LogP contribution in [0.2, 0.25) is 0 Å². The van der Waals surface area contributed by atoms with E-state index >= 15 is 0 Å². The maximum atomic E-state index is 12.7. The van der Waals surface area contributed by atoms with Crippen molar-refractivity contribution in [3.05, 3.63) is 35.6 Å². The van der Waals surface area contributed by atoms with Crippen molar-refractivity contribution in [1.82, 2.24) is 5.32 Å². The fourth-order valence-corrected chi connectivity index (χ4v) is 2.19. The number of amides is 1. The summed E-state index contributed by atoms with van der Waals surface area (Å²) in [6.45, 7) is 0.570. The zero-order valence-electron chi connectivity index (χ0n) is 10.4. The van der Waals surface area contributed by atoms with Gasteiger partial charge < -0.3 is 11.1 Å². The highest BCUT2D eigenvalue weighted by molar-refractivity contribution is 5.77. The molecular weight excluding hydrogens is 231 g/mol. The molecule has 98 valence electrons. The normalized spacial score (nSPS) is 17.0. The van der Waals surface area contributed by atoms with E-state index in [1.165, 1.54) is 12.1 Å². The molecule has 1 aromatic carbocycles. The second-order valence-corrected chi connectivity index (χ2v) is 5.12. The first-order chi connectivity index (χ1) is 8.57. The fourth-order valence-electron chi connectivity index (χ4n) is 2.19.